The highest BCUT2D eigenvalue weighted by atomic mass is 16.7. The van der Waals surface area contributed by atoms with Crippen molar-refractivity contribution < 1.29 is 9.47 Å². The molecule has 4 heterocycles. The van der Waals surface area contributed by atoms with E-state index in [4.69, 9.17) is 14.5 Å². The van der Waals surface area contributed by atoms with Crippen LogP contribution < -0.4 is 4.90 Å². The van der Waals surface area contributed by atoms with Gasteiger partial charge in [0.2, 0.25) is 0 Å². The maximum Gasteiger partial charge on any atom is 0.257 e. The van der Waals surface area contributed by atoms with Gasteiger partial charge >= 0.3 is 0 Å². The smallest absolute Gasteiger partial charge is 0.257 e. The number of ether oxygens (including phenoxy) is 2. The van der Waals surface area contributed by atoms with Crippen molar-refractivity contribution >= 4 is 16.7 Å². The number of benzene rings is 2. The first kappa shape index (κ1) is 19.9. The van der Waals surface area contributed by atoms with Crippen molar-refractivity contribution in [3.05, 3.63) is 107 Å². The molecule has 4 aromatic rings. The fourth-order valence-corrected chi connectivity index (χ4v) is 5.15. The Morgan fingerprint density at radius 3 is 2.52 bits per heavy atom. The third kappa shape index (κ3) is 3.63. The van der Waals surface area contributed by atoms with E-state index in [2.05, 4.69) is 77.1 Å². The van der Waals surface area contributed by atoms with E-state index in [1.165, 1.54) is 38.9 Å². The fourth-order valence-electron chi connectivity index (χ4n) is 5.15. The molecule has 0 bridgehead atoms. The second-order valence-electron chi connectivity index (χ2n) is 8.78. The van der Waals surface area contributed by atoms with Gasteiger partial charge in [-0.3, -0.25) is 0 Å². The van der Waals surface area contributed by atoms with E-state index in [9.17, 15) is 0 Å². The van der Waals surface area contributed by atoms with Crippen LogP contribution in [0.5, 0.6) is 0 Å². The summed E-state index contributed by atoms with van der Waals surface area (Å²) in [6.45, 7) is 4.69. The Kier molecular flexibility index (Phi) is 5.02. The number of anilines is 1. The summed E-state index contributed by atoms with van der Waals surface area (Å²) in [7, 11) is 0. The second-order valence-corrected chi connectivity index (χ2v) is 8.78. The Labute approximate surface area is 193 Å². The number of hydrogen-bond donors (Lipinski definition) is 0. The summed E-state index contributed by atoms with van der Waals surface area (Å²) in [5.74, 6) is 1.07. The summed E-state index contributed by atoms with van der Waals surface area (Å²) in [5.41, 5.74) is 7.88. The Hall–Kier alpha value is -3.73. The van der Waals surface area contributed by atoms with E-state index in [1.807, 2.05) is 6.20 Å². The van der Waals surface area contributed by atoms with E-state index >= 15 is 0 Å². The summed E-state index contributed by atoms with van der Waals surface area (Å²) in [4.78, 5) is 7.37. The minimum Gasteiger partial charge on any atom is -0.457 e. The van der Waals surface area contributed by atoms with Gasteiger partial charge < -0.3 is 18.9 Å². The quantitative estimate of drug-likeness (QED) is 0.422. The highest BCUT2D eigenvalue weighted by Crippen LogP contribution is 2.36. The van der Waals surface area contributed by atoms with Gasteiger partial charge in [-0.15, -0.1) is 0 Å². The Bertz CT molecular complexity index is 1320. The van der Waals surface area contributed by atoms with Gasteiger partial charge in [0.1, 0.15) is 18.3 Å². The molecular formula is C28H27N3O2. The lowest BCUT2D eigenvalue weighted by molar-refractivity contribution is -0.0337. The van der Waals surface area contributed by atoms with Crippen molar-refractivity contribution in [2.75, 3.05) is 11.4 Å². The SMILES string of the molecule is Cc1c(Cc2ccccc2)c2c(N3CCc4ccccc4C3)nccc2n1CC1OC=CO1. The molecule has 33 heavy (non-hydrogen) atoms. The molecule has 0 unspecified atom stereocenters. The maximum atomic E-state index is 5.62. The number of aromatic nitrogens is 2. The molecule has 6 rings (SSSR count). The van der Waals surface area contributed by atoms with Gasteiger partial charge in [0.05, 0.1) is 12.1 Å². The topological polar surface area (TPSA) is 39.5 Å². The molecule has 5 nitrogen and oxygen atoms in total. The van der Waals surface area contributed by atoms with Crippen molar-refractivity contribution in [2.45, 2.75) is 39.1 Å². The minimum atomic E-state index is -0.303. The minimum absolute atomic E-state index is 0.303. The highest BCUT2D eigenvalue weighted by molar-refractivity contribution is 5.95. The molecule has 0 fully saturated rings. The zero-order valence-electron chi connectivity index (χ0n) is 18.8. The molecule has 0 radical (unpaired) electrons. The molecule has 0 aliphatic carbocycles. The monoisotopic (exact) mass is 437 g/mol. The molecule has 0 atom stereocenters. The molecule has 2 aliphatic heterocycles. The van der Waals surface area contributed by atoms with Gasteiger partial charge in [-0.2, -0.15) is 0 Å². The van der Waals surface area contributed by atoms with Gasteiger partial charge in [-0.1, -0.05) is 54.6 Å². The summed E-state index contributed by atoms with van der Waals surface area (Å²) in [6, 6.07) is 21.6. The Morgan fingerprint density at radius 2 is 1.70 bits per heavy atom. The molecular weight excluding hydrogens is 410 g/mol. The maximum absolute atomic E-state index is 5.62. The van der Waals surface area contributed by atoms with Crippen molar-refractivity contribution in [3.8, 4) is 0 Å². The normalized spacial score (nSPS) is 15.5. The Morgan fingerprint density at radius 1 is 0.939 bits per heavy atom. The van der Waals surface area contributed by atoms with Crippen LogP contribution in [-0.2, 0) is 35.4 Å². The first-order chi connectivity index (χ1) is 16.3. The average molecular weight is 438 g/mol. The lowest BCUT2D eigenvalue weighted by Gasteiger charge is -2.30. The molecule has 2 aromatic carbocycles. The zero-order valence-corrected chi connectivity index (χ0v) is 18.8. The molecule has 166 valence electrons. The third-order valence-electron chi connectivity index (χ3n) is 6.84. The largest absolute Gasteiger partial charge is 0.457 e. The van der Waals surface area contributed by atoms with Crippen LogP contribution in [0.3, 0.4) is 0 Å². The van der Waals surface area contributed by atoms with Crippen LogP contribution in [0.1, 0.15) is 27.9 Å². The van der Waals surface area contributed by atoms with Gasteiger partial charge in [0.15, 0.2) is 0 Å². The van der Waals surface area contributed by atoms with Crippen LogP contribution in [0.2, 0.25) is 0 Å². The highest BCUT2D eigenvalue weighted by Gasteiger charge is 2.25. The van der Waals surface area contributed by atoms with Crippen LogP contribution in [0.15, 0.2) is 79.4 Å². The van der Waals surface area contributed by atoms with Crippen LogP contribution >= 0.6 is 0 Å². The summed E-state index contributed by atoms with van der Waals surface area (Å²) >= 11 is 0. The number of fused-ring (bicyclic) bond motifs is 2. The second kappa shape index (κ2) is 8.32. The number of rotatable bonds is 5. The van der Waals surface area contributed by atoms with Crippen LogP contribution in [0.25, 0.3) is 10.9 Å². The van der Waals surface area contributed by atoms with Gasteiger partial charge in [-0.05, 0) is 48.1 Å². The van der Waals surface area contributed by atoms with E-state index in [-0.39, 0.29) is 6.29 Å². The number of pyridine rings is 1. The van der Waals surface area contributed by atoms with Crippen molar-refractivity contribution in [2.24, 2.45) is 0 Å². The lowest BCUT2D eigenvalue weighted by Crippen LogP contribution is -2.31. The van der Waals surface area contributed by atoms with E-state index in [1.54, 1.807) is 12.5 Å². The summed E-state index contributed by atoms with van der Waals surface area (Å²) < 4.78 is 13.6. The van der Waals surface area contributed by atoms with Crippen molar-refractivity contribution in [1.82, 2.24) is 9.55 Å². The van der Waals surface area contributed by atoms with Gasteiger partial charge in [-0.25, -0.2) is 4.98 Å². The molecule has 0 saturated heterocycles. The number of nitrogens with zero attached hydrogens (tertiary/aromatic N) is 3. The summed E-state index contributed by atoms with van der Waals surface area (Å²) in [6.07, 6.45) is 6.78. The van der Waals surface area contributed by atoms with E-state index in [0.29, 0.717) is 6.54 Å². The van der Waals surface area contributed by atoms with Crippen LogP contribution in [0, 0.1) is 6.92 Å². The zero-order chi connectivity index (χ0) is 22.2. The van der Waals surface area contributed by atoms with E-state index in [0.717, 1.165) is 31.7 Å². The third-order valence-corrected chi connectivity index (χ3v) is 6.84. The van der Waals surface area contributed by atoms with Crippen molar-refractivity contribution in [1.29, 1.82) is 0 Å². The molecule has 0 saturated carbocycles. The molecule has 2 aliphatic rings. The molecule has 0 amide bonds. The Balaban J connectivity index is 1.47. The average Bonchev–Trinajstić information content (AvgIpc) is 3.47. The summed E-state index contributed by atoms with van der Waals surface area (Å²) in [5, 5.41) is 1.24. The lowest BCUT2D eigenvalue weighted by atomic mass is 9.98. The van der Waals surface area contributed by atoms with Crippen molar-refractivity contribution in [3.63, 3.8) is 0 Å². The first-order valence-electron chi connectivity index (χ1n) is 11.6. The van der Waals surface area contributed by atoms with E-state index < -0.39 is 0 Å². The number of hydrogen-bond acceptors (Lipinski definition) is 4. The predicted molar refractivity (Wildman–Crippen MR) is 130 cm³/mol. The fraction of sp³-hybridized carbons (Fsp3) is 0.250. The molecule has 2 aromatic heterocycles. The standard InChI is InChI=1S/C28H27N3O2/c1-20-24(17-21-7-3-2-4-8-21)27-25(31(20)19-26-32-15-16-33-26)11-13-29-28(27)30-14-12-22-9-5-6-10-23(22)18-30/h2-11,13,15-16,26H,12,14,17-19H2,1H3. The van der Waals surface area contributed by atoms with Crippen LogP contribution in [0.4, 0.5) is 5.82 Å². The van der Waals surface area contributed by atoms with Gasteiger partial charge in [0.25, 0.3) is 6.29 Å². The van der Waals surface area contributed by atoms with Crippen LogP contribution in [-0.4, -0.2) is 22.4 Å². The molecule has 0 N–H and O–H groups in total. The van der Waals surface area contributed by atoms with Gasteiger partial charge in [0, 0.05) is 30.4 Å². The first-order valence-corrected chi connectivity index (χ1v) is 11.6. The predicted octanol–water partition coefficient (Wildman–Crippen LogP) is 5.34. The molecule has 0 spiro atoms. The molecule has 5 heteroatoms.